The van der Waals surface area contributed by atoms with Crippen molar-refractivity contribution in [2.45, 2.75) is 97.4 Å². The molecular formula is C33H46FN2O3S+. The highest BCUT2D eigenvalue weighted by Crippen LogP contribution is 2.30. The Labute approximate surface area is 243 Å². The molecule has 1 N–H and O–H groups in total. The average molecular weight is 570 g/mol. The van der Waals surface area contributed by atoms with Crippen LogP contribution in [-0.4, -0.2) is 19.1 Å². The lowest BCUT2D eigenvalue weighted by atomic mass is 10.1. The SMILES string of the molecule is CCCCCCCCCCCCCCOc1c(F)cccc1OCC(=O)Nc1cccc(C[n+]2cscc2C)c1. The van der Waals surface area contributed by atoms with Gasteiger partial charge in [0.2, 0.25) is 5.51 Å². The normalized spacial score (nSPS) is 11.0. The third-order valence-electron chi connectivity index (χ3n) is 6.98. The highest BCUT2D eigenvalue weighted by atomic mass is 32.1. The number of amides is 1. The predicted octanol–water partition coefficient (Wildman–Crippen LogP) is 8.63. The molecule has 0 unspecified atom stereocenters. The van der Waals surface area contributed by atoms with Crippen LogP contribution in [0, 0.1) is 12.7 Å². The molecule has 0 bridgehead atoms. The van der Waals surface area contributed by atoms with Gasteiger partial charge in [-0.3, -0.25) is 4.79 Å². The molecule has 0 saturated heterocycles. The second-order valence-electron chi connectivity index (χ2n) is 10.5. The van der Waals surface area contributed by atoms with E-state index in [1.807, 2.05) is 24.3 Å². The van der Waals surface area contributed by atoms with Gasteiger partial charge in [-0.05, 0) is 30.7 Å². The van der Waals surface area contributed by atoms with Crippen molar-refractivity contribution in [2.75, 3.05) is 18.5 Å². The van der Waals surface area contributed by atoms with E-state index < -0.39 is 5.82 Å². The van der Waals surface area contributed by atoms with E-state index in [1.165, 1.54) is 76.0 Å². The van der Waals surface area contributed by atoms with Crippen molar-refractivity contribution in [1.82, 2.24) is 0 Å². The summed E-state index contributed by atoms with van der Waals surface area (Å²) >= 11 is 1.66. The first-order valence-electron chi connectivity index (χ1n) is 14.9. The van der Waals surface area contributed by atoms with E-state index in [4.69, 9.17) is 9.47 Å². The maximum absolute atomic E-state index is 14.5. The number of rotatable bonds is 20. The van der Waals surface area contributed by atoms with Gasteiger partial charge in [-0.15, -0.1) is 0 Å². The van der Waals surface area contributed by atoms with Crippen LogP contribution in [0.15, 0.2) is 53.4 Å². The summed E-state index contributed by atoms with van der Waals surface area (Å²) in [6.45, 7) is 5.25. The Kier molecular flexibility index (Phi) is 14.6. The highest BCUT2D eigenvalue weighted by Gasteiger charge is 2.14. The lowest BCUT2D eigenvalue weighted by Gasteiger charge is -2.13. The zero-order chi connectivity index (χ0) is 28.4. The van der Waals surface area contributed by atoms with Gasteiger partial charge in [0, 0.05) is 18.2 Å². The Morgan fingerprint density at radius 1 is 0.900 bits per heavy atom. The van der Waals surface area contributed by atoms with Crippen LogP contribution >= 0.6 is 11.3 Å². The fourth-order valence-corrected chi connectivity index (χ4v) is 5.44. The minimum Gasteiger partial charge on any atom is -0.487 e. The van der Waals surface area contributed by atoms with Crippen LogP contribution < -0.4 is 19.4 Å². The maximum Gasteiger partial charge on any atom is 0.262 e. The number of nitrogens with zero attached hydrogens (tertiary/aromatic N) is 1. The molecule has 2 aromatic carbocycles. The number of benzene rings is 2. The van der Waals surface area contributed by atoms with Crippen molar-refractivity contribution in [3.05, 3.63) is 70.4 Å². The molecule has 1 aromatic heterocycles. The van der Waals surface area contributed by atoms with E-state index >= 15 is 0 Å². The van der Waals surface area contributed by atoms with Gasteiger partial charge in [0.05, 0.1) is 12.0 Å². The van der Waals surface area contributed by atoms with Gasteiger partial charge < -0.3 is 14.8 Å². The number of aromatic nitrogens is 1. The highest BCUT2D eigenvalue weighted by molar-refractivity contribution is 7.07. The number of anilines is 1. The molecule has 0 radical (unpaired) electrons. The van der Waals surface area contributed by atoms with Crippen molar-refractivity contribution in [2.24, 2.45) is 0 Å². The van der Waals surface area contributed by atoms with Crippen LogP contribution in [-0.2, 0) is 11.3 Å². The zero-order valence-electron chi connectivity index (χ0n) is 24.3. The topological polar surface area (TPSA) is 51.4 Å². The number of carbonyl (C=O) groups excluding carboxylic acids is 1. The Balaban J connectivity index is 1.34. The zero-order valence-corrected chi connectivity index (χ0v) is 25.1. The lowest BCUT2D eigenvalue weighted by Crippen LogP contribution is -2.34. The van der Waals surface area contributed by atoms with Crippen LogP contribution in [0.1, 0.15) is 95.2 Å². The van der Waals surface area contributed by atoms with Gasteiger partial charge >= 0.3 is 0 Å². The number of unbranched alkanes of at least 4 members (excludes halogenated alkanes) is 11. The van der Waals surface area contributed by atoms with Gasteiger partial charge in [0.15, 0.2) is 36.2 Å². The van der Waals surface area contributed by atoms with Crippen LogP contribution in [0.5, 0.6) is 11.5 Å². The predicted molar refractivity (Wildman–Crippen MR) is 162 cm³/mol. The molecule has 0 fully saturated rings. The summed E-state index contributed by atoms with van der Waals surface area (Å²) in [5, 5.41) is 4.97. The summed E-state index contributed by atoms with van der Waals surface area (Å²) in [4.78, 5) is 12.6. The largest absolute Gasteiger partial charge is 0.487 e. The lowest BCUT2D eigenvalue weighted by molar-refractivity contribution is -0.689. The van der Waals surface area contributed by atoms with E-state index in [1.54, 1.807) is 23.5 Å². The average Bonchev–Trinajstić information content (AvgIpc) is 3.35. The van der Waals surface area contributed by atoms with E-state index in [0.717, 1.165) is 24.9 Å². The third kappa shape index (κ3) is 11.7. The summed E-state index contributed by atoms with van der Waals surface area (Å²) in [6.07, 6.45) is 15.1. The van der Waals surface area contributed by atoms with Crippen LogP contribution in [0.4, 0.5) is 10.1 Å². The third-order valence-corrected chi connectivity index (χ3v) is 7.83. The fourth-order valence-electron chi connectivity index (χ4n) is 4.66. The molecule has 0 aliphatic carbocycles. The van der Waals surface area contributed by atoms with Crippen molar-refractivity contribution in [3.63, 3.8) is 0 Å². The smallest absolute Gasteiger partial charge is 0.262 e. The summed E-state index contributed by atoms with van der Waals surface area (Å²) in [5.74, 6) is -0.478. The first kappa shape index (κ1) is 31.6. The first-order valence-corrected chi connectivity index (χ1v) is 15.9. The van der Waals surface area contributed by atoms with Gasteiger partial charge in [-0.25, -0.2) is 4.39 Å². The molecule has 7 heteroatoms. The van der Waals surface area contributed by atoms with Crippen LogP contribution in [0.3, 0.4) is 0 Å². The summed E-state index contributed by atoms with van der Waals surface area (Å²) < 4.78 is 28.1. The van der Waals surface area contributed by atoms with Crippen molar-refractivity contribution in [3.8, 4) is 11.5 Å². The molecule has 5 nitrogen and oxygen atoms in total. The van der Waals surface area contributed by atoms with E-state index in [9.17, 15) is 9.18 Å². The van der Waals surface area contributed by atoms with Crippen LogP contribution in [0.2, 0.25) is 0 Å². The van der Waals surface area contributed by atoms with Gasteiger partial charge in [-0.2, -0.15) is 4.57 Å². The van der Waals surface area contributed by atoms with Crippen molar-refractivity contribution < 1.29 is 23.2 Å². The molecule has 1 heterocycles. The van der Waals surface area contributed by atoms with Gasteiger partial charge in [0.1, 0.15) is 0 Å². The molecule has 0 spiro atoms. The van der Waals surface area contributed by atoms with E-state index in [-0.39, 0.29) is 24.0 Å². The number of aryl methyl sites for hydroxylation is 1. The maximum atomic E-state index is 14.5. The van der Waals surface area contributed by atoms with Crippen molar-refractivity contribution >= 4 is 22.9 Å². The Morgan fingerprint density at radius 3 is 2.25 bits per heavy atom. The quantitative estimate of drug-likeness (QED) is 0.109. The fraction of sp³-hybridized carbons (Fsp3) is 0.515. The molecule has 0 atom stereocenters. The van der Waals surface area contributed by atoms with Crippen molar-refractivity contribution in [1.29, 1.82) is 0 Å². The minimum atomic E-state index is -0.481. The number of carbonyl (C=O) groups is 1. The van der Waals surface area contributed by atoms with E-state index in [2.05, 4.69) is 34.6 Å². The molecule has 1 amide bonds. The number of halogens is 1. The second-order valence-corrected chi connectivity index (χ2v) is 11.2. The molecule has 3 rings (SSSR count). The molecular weight excluding hydrogens is 523 g/mol. The summed E-state index contributed by atoms with van der Waals surface area (Å²) in [5.41, 5.74) is 5.05. The number of hydrogen-bond acceptors (Lipinski definition) is 4. The number of hydrogen-bond donors (Lipinski definition) is 1. The summed E-state index contributed by atoms with van der Waals surface area (Å²) in [6, 6.07) is 12.3. The molecule has 3 aromatic rings. The number of ether oxygens (including phenoxy) is 2. The summed E-state index contributed by atoms with van der Waals surface area (Å²) in [7, 11) is 0. The molecule has 0 saturated carbocycles. The van der Waals surface area contributed by atoms with Crippen LogP contribution in [0.25, 0.3) is 0 Å². The molecule has 218 valence electrons. The number of para-hydroxylation sites is 1. The Morgan fingerprint density at radius 2 is 1.57 bits per heavy atom. The minimum absolute atomic E-state index is 0.0727. The van der Waals surface area contributed by atoms with Gasteiger partial charge in [-0.1, -0.05) is 107 Å². The Hall–Kier alpha value is -2.93. The van der Waals surface area contributed by atoms with E-state index in [0.29, 0.717) is 12.3 Å². The molecule has 40 heavy (non-hydrogen) atoms. The Bertz CT molecular complexity index is 1150. The first-order chi connectivity index (χ1) is 19.6. The molecule has 0 aliphatic heterocycles. The number of nitrogens with one attached hydrogen (secondary N) is 1. The monoisotopic (exact) mass is 569 g/mol. The standard InChI is InChI=1S/C33H45FN2O3S/c1-3-4-5-6-7-8-9-10-11-12-13-14-21-38-33-30(34)19-16-20-31(33)39-24-32(37)35-29-18-15-17-28(22-29)23-36-26-40-25-27(36)2/h15-20,22,25-26H,3-14,21,23-24H2,1-2H3/p+1. The second kappa shape index (κ2) is 18.4. The van der Waals surface area contributed by atoms with Gasteiger partial charge in [0.25, 0.3) is 5.91 Å². The number of thiazole rings is 1. The molecule has 0 aliphatic rings.